The van der Waals surface area contributed by atoms with Gasteiger partial charge in [0.2, 0.25) is 5.79 Å². The second-order valence-corrected chi connectivity index (χ2v) is 19.5. The van der Waals surface area contributed by atoms with E-state index in [0.29, 0.717) is 57.1 Å². The summed E-state index contributed by atoms with van der Waals surface area (Å²) in [7, 11) is 4.73. The van der Waals surface area contributed by atoms with Crippen LogP contribution in [0.2, 0.25) is 0 Å². The number of nitrogens with zero attached hydrogens (tertiary/aromatic N) is 1. The summed E-state index contributed by atoms with van der Waals surface area (Å²) in [6.07, 6.45) is 8.32. The lowest BCUT2D eigenvalue weighted by atomic mass is 9.81. The van der Waals surface area contributed by atoms with Crippen LogP contribution in [-0.2, 0) is 47.6 Å². The van der Waals surface area contributed by atoms with Gasteiger partial charge in [0.15, 0.2) is 0 Å². The fourth-order valence-electron chi connectivity index (χ4n) is 10.6. The number of rotatable bonds is 10. The van der Waals surface area contributed by atoms with Gasteiger partial charge in [0.25, 0.3) is 11.7 Å². The number of benzene rings is 1. The first-order chi connectivity index (χ1) is 31.4. The van der Waals surface area contributed by atoms with E-state index < -0.39 is 77.8 Å². The number of aliphatic hydroxyl groups excluding tert-OH is 1. The summed E-state index contributed by atoms with van der Waals surface area (Å²) >= 11 is 0. The Labute approximate surface area is 392 Å². The summed E-state index contributed by atoms with van der Waals surface area (Å²) in [6, 6.07) is 5.83. The lowest BCUT2D eigenvalue weighted by Gasteiger charge is -2.47. The standard InChI is InChI=1S/C52H77NO13/c1-10-38-24-31(2)23-32(3)25-45(62-8)48-46(63-9)27-34(5)52(60,66-48)49(57)50(58)53-21-12-11-18-40(53)51(59)65-47(35(6)41(55)30-42(38)56)33(4)26-37-19-20-43(44(29-37)61-7)64-22-14-16-36-15-13-17-39(54)28-36/h13-17,24,26,28,32,34-35,37-38,40-41,43-48,54-55,60H,10-12,18-23,25,27,29-30H2,1-9H3/b16-14+,31-24+,33-26+/t32-,34+,35+,37-,38+,40-,41-,43+,44+,45-,46-,47+,48+,52+/m0/s1. The van der Waals surface area contributed by atoms with Crippen molar-refractivity contribution in [3.05, 3.63) is 59.2 Å². The van der Waals surface area contributed by atoms with Crippen LogP contribution in [0.3, 0.4) is 0 Å². The molecule has 1 aromatic rings. The van der Waals surface area contributed by atoms with Crippen LogP contribution in [-0.4, -0.2) is 133 Å². The maximum Gasteiger partial charge on any atom is 0.329 e. The fourth-order valence-corrected chi connectivity index (χ4v) is 10.6. The highest BCUT2D eigenvalue weighted by Gasteiger charge is 2.56. The van der Waals surface area contributed by atoms with E-state index >= 15 is 0 Å². The third kappa shape index (κ3) is 13.3. The number of phenols is 1. The van der Waals surface area contributed by atoms with Gasteiger partial charge in [-0.2, -0.15) is 0 Å². The number of cyclic esters (lactones) is 1. The number of hydrogen-bond acceptors (Lipinski definition) is 13. The molecule has 3 heterocycles. The van der Waals surface area contributed by atoms with Gasteiger partial charge < -0.3 is 48.6 Å². The third-order valence-corrected chi connectivity index (χ3v) is 14.5. The molecule has 1 aliphatic carbocycles. The smallest absolute Gasteiger partial charge is 0.329 e. The molecular formula is C52H77NO13. The van der Waals surface area contributed by atoms with Gasteiger partial charge in [-0.15, -0.1) is 0 Å². The molecule has 0 unspecified atom stereocenters. The van der Waals surface area contributed by atoms with Crippen molar-refractivity contribution in [2.45, 2.75) is 167 Å². The number of ketones is 2. The Morgan fingerprint density at radius 3 is 2.32 bits per heavy atom. The van der Waals surface area contributed by atoms with Gasteiger partial charge in [-0.05, 0) is 113 Å². The first-order valence-corrected chi connectivity index (χ1v) is 24.1. The number of allylic oxidation sites excluding steroid dienone is 3. The second kappa shape index (κ2) is 24.5. The zero-order chi connectivity index (χ0) is 48.3. The van der Waals surface area contributed by atoms with Gasteiger partial charge in [-0.3, -0.25) is 14.4 Å². The molecule has 14 nitrogen and oxygen atoms in total. The number of fused-ring (bicyclic) bond motifs is 3. The first-order valence-electron chi connectivity index (χ1n) is 24.1. The Kier molecular flexibility index (Phi) is 19.7. The number of amides is 1. The molecule has 14 atom stereocenters. The average Bonchev–Trinajstić information content (AvgIpc) is 3.30. The van der Waals surface area contributed by atoms with Crippen molar-refractivity contribution >= 4 is 29.5 Å². The van der Waals surface area contributed by atoms with Crippen LogP contribution in [0.15, 0.2) is 53.6 Å². The van der Waals surface area contributed by atoms with Crippen molar-refractivity contribution in [2.75, 3.05) is 34.5 Å². The lowest BCUT2D eigenvalue weighted by Crippen LogP contribution is -2.64. The van der Waals surface area contributed by atoms with Crippen LogP contribution in [0.5, 0.6) is 5.75 Å². The number of phenolic OH excluding ortho intramolecular Hbond substituents is 1. The maximum absolute atomic E-state index is 14.5. The Hall–Kier alpha value is -3.76. The van der Waals surface area contributed by atoms with Crippen molar-refractivity contribution in [3.63, 3.8) is 0 Å². The molecule has 66 heavy (non-hydrogen) atoms. The summed E-state index contributed by atoms with van der Waals surface area (Å²) in [5.41, 5.74) is 2.54. The molecule has 3 fully saturated rings. The number of esters is 1. The minimum absolute atomic E-state index is 0.00951. The molecule has 1 aromatic carbocycles. The summed E-state index contributed by atoms with van der Waals surface area (Å²) in [6.45, 7) is 11.7. The fraction of sp³-hybridized carbons (Fsp3) is 0.692. The minimum atomic E-state index is -2.51. The summed E-state index contributed by atoms with van der Waals surface area (Å²) in [5.74, 6) is -7.36. The van der Waals surface area contributed by atoms with Gasteiger partial charge in [0.05, 0.1) is 37.1 Å². The Morgan fingerprint density at radius 1 is 0.924 bits per heavy atom. The molecule has 14 heteroatoms. The van der Waals surface area contributed by atoms with E-state index in [1.165, 1.54) is 19.1 Å². The highest BCUT2D eigenvalue weighted by atomic mass is 16.7. The van der Waals surface area contributed by atoms with Crippen LogP contribution >= 0.6 is 0 Å². The van der Waals surface area contributed by atoms with E-state index in [0.717, 1.165) is 17.6 Å². The summed E-state index contributed by atoms with van der Waals surface area (Å²) < 4.78 is 36.6. The van der Waals surface area contributed by atoms with Crippen molar-refractivity contribution in [2.24, 2.45) is 29.6 Å². The molecule has 368 valence electrons. The van der Waals surface area contributed by atoms with Crippen molar-refractivity contribution in [1.82, 2.24) is 4.90 Å². The summed E-state index contributed by atoms with van der Waals surface area (Å²) in [4.78, 5) is 58.4. The number of Topliss-reactive ketones (excluding diaryl/α,β-unsaturated/α-hetero) is 2. The number of piperidine rings is 1. The molecule has 3 aliphatic heterocycles. The van der Waals surface area contributed by atoms with Crippen LogP contribution in [0.1, 0.15) is 118 Å². The van der Waals surface area contributed by atoms with Crippen LogP contribution < -0.4 is 0 Å². The molecule has 5 rings (SSSR count). The van der Waals surface area contributed by atoms with E-state index in [2.05, 4.69) is 13.0 Å². The number of carbonyl (C=O) groups is 4. The van der Waals surface area contributed by atoms with Crippen LogP contribution in [0, 0.1) is 29.6 Å². The Balaban J connectivity index is 1.44. The van der Waals surface area contributed by atoms with Crippen molar-refractivity contribution in [1.29, 1.82) is 0 Å². The normalized spacial score (nSPS) is 37.1. The average molecular weight is 924 g/mol. The second-order valence-electron chi connectivity index (χ2n) is 19.5. The maximum atomic E-state index is 14.5. The zero-order valence-electron chi connectivity index (χ0n) is 40.7. The quantitative estimate of drug-likeness (QED) is 0.125. The number of ether oxygens (including phenoxy) is 6. The molecular weight excluding hydrogens is 847 g/mol. The highest BCUT2D eigenvalue weighted by molar-refractivity contribution is 6.39. The largest absolute Gasteiger partial charge is 0.508 e. The number of methoxy groups -OCH3 is 3. The van der Waals surface area contributed by atoms with Gasteiger partial charge >= 0.3 is 5.97 Å². The molecule has 2 saturated heterocycles. The molecule has 2 bridgehead atoms. The van der Waals surface area contributed by atoms with Crippen molar-refractivity contribution < 1.29 is 62.9 Å². The molecule has 0 spiro atoms. The van der Waals surface area contributed by atoms with Gasteiger partial charge in [0.1, 0.15) is 29.8 Å². The van der Waals surface area contributed by atoms with E-state index in [4.69, 9.17) is 28.4 Å². The monoisotopic (exact) mass is 924 g/mol. The van der Waals surface area contributed by atoms with Crippen molar-refractivity contribution in [3.8, 4) is 5.75 Å². The topological polar surface area (TPSA) is 188 Å². The van der Waals surface area contributed by atoms with Crippen LogP contribution in [0.4, 0.5) is 0 Å². The number of carbonyl (C=O) groups excluding carboxylic acids is 4. The van der Waals surface area contributed by atoms with Gasteiger partial charge in [0, 0.05) is 52.0 Å². The molecule has 4 aliphatic rings. The SMILES string of the molecule is CC[C@@H]1/C=C(\C)C[C@H](C)C[C@H](OC)[C@H]2O[C@@](O)(C(=O)C(=O)N3CCCC[C@H]3C(=O)O[C@H](/C(C)=C/[C@@H]3CC[C@@H](OC/C=C/c4cccc(O)c4)[C@H](OC)C3)[C@H](C)[C@@H](O)CC1=O)[C@H](C)C[C@@H]2OC. The van der Waals surface area contributed by atoms with E-state index in [1.54, 1.807) is 39.2 Å². The van der Waals surface area contributed by atoms with Gasteiger partial charge in [-0.1, -0.05) is 69.7 Å². The lowest BCUT2D eigenvalue weighted by molar-refractivity contribution is -0.302. The third-order valence-electron chi connectivity index (χ3n) is 14.5. The zero-order valence-corrected chi connectivity index (χ0v) is 40.7. The Morgan fingerprint density at radius 2 is 1.64 bits per heavy atom. The molecule has 0 radical (unpaired) electrons. The minimum Gasteiger partial charge on any atom is -0.508 e. The number of aliphatic hydroxyl groups is 2. The number of hydrogen-bond donors (Lipinski definition) is 3. The predicted octanol–water partition coefficient (Wildman–Crippen LogP) is 6.92. The van der Waals surface area contributed by atoms with E-state index in [1.807, 2.05) is 45.1 Å². The molecule has 0 aromatic heterocycles. The number of aromatic hydroxyl groups is 1. The highest BCUT2D eigenvalue weighted by Crippen LogP contribution is 2.39. The van der Waals surface area contributed by atoms with E-state index in [-0.39, 0.29) is 61.4 Å². The van der Waals surface area contributed by atoms with Gasteiger partial charge in [-0.25, -0.2) is 4.79 Å². The molecule has 1 amide bonds. The molecule has 3 N–H and O–H groups in total. The Bertz CT molecular complexity index is 1900. The van der Waals surface area contributed by atoms with E-state index in [9.17, 15) is 34.5 Å². The molecule has 1 saturated carbocycles. The van der Waals surface area contributed by atoms with Crippen LogP contribution in [0.25, 0.3) is 6.08 Å². The first kappa shape index (κ1) is 53.2. The predicted molar refractivity (Wildman–Crippen MR) is 249 cm³/mol. The summed E-state index contributed by atoms with van der Waals surface area (Å²) in [5, 5.41) is 33.7.